The molecule has 0 aliphatic carbocycles. The van der Waals surface area contributed by atoms with E-state index in [2.05, 4.69) is 5.32 Å². The van der Waals surface area contributed by atoms with E-state index < -0.39 is 23.4 Å². The van der Waals surface area contributed by atoms with E-state index in [1.807, 2.05) is 0 Å². The minimum absolute atomic E-state index is 0.178. The molecule has 21 heavy (non-hydrogen) atoms. The highest BCUT2D eigenvalue weighted by Crippen LogP contribution is 2.18. The number of rotatable bonds is 4. The van der Waals surface area contributed by atoms with Crippen molar-refractivity contribution in [3.05, 3.63) is 29.6 Å². The summed E-state index contributed by atoms with van der Waals surface area (Å²) >= 11 is 0. The van der Waals surface area contributed by atoms with E-state index in [1.165, 1.54) is 26.0 Å². The Morgan fingerprint density at radius 1 is 1.48 bits per heavy atom. The van der Waals surface area contributed by atoms with Gasteiger partial charge in [0.1, 0.15) is 17.4 Å². The molecule has 1 aromatic rings. The topological polar surface area (TPSA) is 93.4 Å². The summed E-state index contributed by atoms with van der Waals surface area (Å²) in [5, 5.41) is 20.4. The van der Waals surface area contributed by atoms with Crippen LogP contribution in [0.5, 0.6) is 0 Å². The molecule has 1 aromatic carbocycles. The SMILES string of the molecule is CCN(C(=O)Nc1ccc(F)c(C#N)c1)C(C)(C)C(=O)O. The third-order valence-electron chi connectivity index (χ3n) is 3.10. The first kappa shape index (κ1) is 16.4. The lowest BCUT2D eigenvalue weighted by molar-refractivity contribution is -0.147. The fourth-order valence-electron chi connectivity index (χ4n) is 1.79. The molecule has 7 heteroatoms. The average Bonchev–Trinajstić information content (AvgIpc) is 2.41. The Morgan fingerprint density at radius 2 is 2.10 bits per heavy atom. The van der Waals surface area contributed by atoms with Crippen molar-refractivity contribution in [1.29, 1.82) is 5.26 Å². The number of carboxylic acid groups (broad SMARTS) is 1. The number of carboxylic acids is 1. The van der Waals surface area contributed by atoms with Gasteiger partial charge in [-0.3, -0.25) is 0 Å². The van der Waals surface area contributed by atoms with Crippen molar-refractivity contribution < 1.29 is 19.1 Å². The van der Waals surface area contributed by atoms with Gasteiger partial charge >= 0.3 is 12.0 Å². The maximum atomic E-state index is 13.2. The van der Waals surface area contributed by atoms with Gasteiger partial charge in [0.05, 0.1) is 5.56 Å². The molecule has 0 aliphatic rings. The van der Waals surface area contributed by atoms with Crippen LogP contribution in [0.2, 0.25) is 0 Å². The number of hydrogen-bond donors (Lipinski definition) is 2. The van der Waals surface area contributed by atoms with Crippen molar-refractivity contribution >= 4 is 17.7 Å². The first-order chi connectivity index (χ1) is 9.73. The zero-order valence-corrected chi connectivity index (χ0v) is 12.0. The number of aliphatic carboxylic acids is 1. The predicted molar refractivity (Wildman–Crippen MR) is 74.2 cm³/mol. The first-order valence-electron chi connectivity index (χ1n) is 6.25. The second-order valence-electron chi connectivity index (χ2n) is 4.85. The summed E-state index contributed by atoms with van der Waals surface area (Å²) in [5.74, 6) is -1.83. The molecule has 6 nitrogen and oxygen atoms in total. The number of nitrogens with zero attached hydrogens (tertiary/aromatic N) is 2. The third kappa shape index (κ3) is 3.48. The van der Waals surface area contributed by atoms with Crippen LogP contribution in [0.1, 0.15) is 26.3 Å². The zero-order chi connectivity index (χ0) is 16.2. The number of nitrogens with one attached hydrogen (secondary N) is 1. The van der Waals surface area contributed by atoms with Crippen molar-refractivity contribution in [1.82, 2.24) is 4.90 Å². The number of urea groups is 1. The summed E-state index contributed by atoms with van der Waals surface area (Å²) in [6, 6.07) is 4.58. The molecule has 0 atom stereocenters. The number of benzene rings is 1. The monoisotopic (exact) mass is 293 g/mol. The predicted octanol–water partition coefficient (Wildman–Crippen LogP) is 2.41. The smallest absolute Gasteiger partial charge is 0.329 e. The molecule has 0 saturated heterocycles. The molecule has 112 valence electrons. The van der Waals surface area contributed by atoms with Gasteiger partial charge in [0.2, 0.25) is 0 Å². The molecule has 0 bridgehead atoms. The molecular weight excluding hydrogens is 277 g/mol. The Kier molecular flexibility index (Phi) is 4.87. The van der Waals surface area contributed by atoms with Crippen LogP contribution in [0, 0.1) is 17.1 Å². The Bertz CT molecular complexity index is 608. The minimum Gasteiger partial charge on any atom is -0.480 e. The number of anilines is 1. The number of halogens is 1. The number of nitriles is 1. The molecule has 0 heterocycles. The molecule has 2 N–H and O–H groups in total. The summed E-state index contributed by atoms with van der Waals surface area (Å²) in [4.78, 5) is 24.5. The highest BCUT2D eigenvalue weighted by molar-refractivity contribution is 5.93. The number of amides is 2. The lowest BCUT2D eigenvalue weighted by Crippen LogP contribution is -2.54. The van der Waals surface area contributed by atoms with Crippen LogP contribution in [-0.4, -0.2) is 34.1 Å². The van der Waals surface area contributed by atoms with Gasteiger partial charge in [-0.1, -0.05) is 0 Å². The van der Waals surface area contributed by atoms with Crippen molar-refractivity contribution in [3.8, 4) is 6.07 Å². The standard InChI is InChI=1S/C14H16FN3O3/c1-4-18(14(2,3)12(19)20)13(21)17-10-5-6-11(15)9(7-10)8-16/h5-7H,4H2,1-3H3,(H,17,21)(H,19,20). The first-order valence-corrected chi connectivity index (χ1v) is 6.25. The molecule has 0 saturated carbocycles. The van der Waals surface area contributed by atoms with Crippen LogP contribution in [0.15, 0.2) is 18.2 Å². The van der Waals surface area contributed by atoms with Gasteiger partial charge in [-0.2, -0.15) is 5.26 Å². The third-order valence-corrected chi connectivity index (χ3v) is 3.10. The maximum Gasteiger partial charge on any atom is 0.329 e. The normalized spacial score (nSPS) is 10.6. The van der Waals surface area contributed by atoms with Crippen LogP contribution < -0.4 is 5.32 Å². The second-order valence-corrected chi connectivity index (χ2v) is 4.85. The molecule has 0 aromatic heterocycles. The maximum absolute atomic E-state index is 13.2. The van der Waals surface area contributed by atoms with Crippen molar-refractivity contribution in [2.45, 2.75) is 26.3 Å². The molecule has 0 spiro atoms. The highest BCUT2D eigenvalue weighted by atomic mass is 19.1. The zero-order valence-electron chi connectivity index (χ0n) is 12.0. The summed E-state index contributed by atoms with van der Waals surface area (Å²) < 4.78 is 13.2. The van der Waals surface area contributed by atoms with Crippen molar-refractivity contribution in [2.24, 2.45) is 0 Å². The lowest BCUT2D eigenvalue weighted by atomic mass is 10.0. The van der Waals surface area contributed by atoms with E-state index in [1.54, 1.807) is 13.0 Å². The van der Waals surface area contributed by atoms with Crippen molar-refractivity contribution in [2.75, 3.05) is 11.9 Å². The molecule has 0 radical (unpaired) electrons. The second kappa shape index (κ2) is 6.22. The summed E-state index contributed by atoms with van der Waals surface area (Å²) in [6.07, 6.45) is 0. The summed E-state index contributed by atoms with van der Waals surface area (Å²) in [5.41, 5.74) is -1.37. The van der Waals surface area contributed by atoms with Gasteiger partial charge in [0.25, 0.3) is 0 Å². The number of carbonyl (C=O) groups excluding carboxylic acids is 1. The van der Waals surface area contributed by atoms with Gasteiger partial charge in [0, 0.05) is 12.2 Å². The van der Waals surface area contributed by atoms with Crippen LogP contribution in [0.3, 0.4) is 0 Å². The van der Waals surface area contributed by atoms with Gasteiger partial charge in [-0.05, 0) is 39.0 Å². The average molecular weight is 293 g/mol. The Morgan fingerprint density at radius 3 is 2.57 bits per heavy atom. The van der Waals surface area contributed by atoms with Gasteiger partial charge in [-0.15, -0.1) is 0 Å². The molecule has 1 rings (SSSR count). The number of hydrogen-bond acceptors (Lipinski definition) is 3. The van der Waals surface area contributed by atoms with E-state index in [-0.39, 0.29) is 17.8 Å². The molecular formula is C14H16FN3O3. The van der Waals surface area contributed by atoms with Crippen LogP contribution in [-0.2, 0) is 4.79 Å². The van der Waals surface area contributed by atoms with E-state index in [0.29, 0.717) is 0 Å². The van der Waals surface area contributed by atoms with E-state index in [4.69, 9.17) is 10.4 Å². The Hall–Kier alpha value is -2.62. The molecule has 2 amide bonds. The van der Waals surface area contributed by atoms with E-state index >= 15 is 0 Å². The summed E-state index contributed by atoms with van der Waals surface area (Å²) in [6.45, 7) is 4.64. The van der Waals surface area contributed by atoms with Gasteiger partial charge in [-0.25, -0.2) is 14.0 Å². The fraction of sp³-hybridized carbons (Fsp3) is 0.357. The van der Waals surface area contributed by atoms with E-state index in [9.17, 15) is 14.0 Å². The van der Waals surface area contributed by atoms with Crippen LogP contribution >= 0.6 is 0 Å². The van der Waals surface area contributed by atoms with Gasteiger partial charge in [0.15, 0.2) is 0 Å². The molecule has 0 unspecified atom stereocenters. The highest BCUT2D eigenvalue weighted by Gasteiger charge is 2.36. The lowest BCUT2D eigenvalue weighted by Gasteiger charge is -2.34. The number of likely N-dealkylation sites (N-methyl/N-ethyl adjacent to an activating group) is 1. The minimum atomic E-state index is -1.39. The Labute approximate surface area is 121 Å². The van der Waals surface area contributed by atoms with Crippen molar-refractivity contribution in [3.63, 3.8) is 0 Å². The largest absolute Gasteiger partial charge is 0.480 e. The quantitative estimate of drug-likeness (QED) is 0.891. The molecule has 0 fully saturated rings. The fourth-order valence-corrected chi connectivity index (χ4v) is 1.79. The number of carbonyl (C=O) groups is 2. The van der Waals surface area contributed by atoms with Crippen LogP contribution in [0.25, 0.3) is 0 Å². The Balaban J connectivity index is 2.99. The van der Waals surface area contributed by atoms with Gasteiger partial charge < -0.3 is 15.3 Å². The summed E-state index contributed by atoms with van der Waals surface area (Å²) in [7, 11) is 0. The van der Waals surface area contributed by atoms with E-state index in [0.717, 1.165) is 11.0 Å². The molecule has 0 aliphatic heterocycles. The van der Waals surface area contributed by atoms with Crippen LogP contribution in [0.4, 0.5) is 14.9 Å².